The van der Waals surface area contributed by atoms with Gasteiger partial charge in [-0.25, -0.2) is 0 Å². The molecule has 2 aliphatic rings. The largest absolute Gasteiger partial charge is 0.497 e. The molecule has 0 radical (unpaired) electrons. The van der Waals surface area contributed by atoms with Crippen LogP contribution in [0, 0.1) is 5.92 Å². The molecule has 1 aromatic rings. The van der Waals surface area contributed by atoms with E-state index in [2.05, 4.69) is 16.0 Å². The van der Waals surface area contributed by atoms with Crippen LogP contribution >= 0.6 is 23.5 Å². The highest BCUT2D eigenvalue weighted by Gasteiger charge is 2.28. The summed E-state index contributed by atoms with van der Waals surface area (Å²) in [6, 6.07) is 7.10. The maximum atomic E-state index is 12.9. The Bertz CT molecular complexity index is 675. The molecule has 2 amide bonds. The van der Waals surface area contributed by atoms with Gasteiger partial charge in [-0.05, 0) is 42.2 Å². The Morgan fingerprint density at radius 3 is 2.67 bits per heavy atom. The van der Waals surface area contributed by atoms with Crippen molar-refractivity contribution in [3.8, 4) is 5.75 Å². The zero-order valence-corrected chi connectivity index (χ0v) is 19.3. The quantitative estimate of drug-likeness (QED) is 0.508. The Morgan fingerprint density at radius 1 is 1.23 bits per heavy atom. The molecule has 2 fully saturated rings. The van der Waals surface area contributed by atoms with Crippen LogP contribution in [0.4, 0.5) is 0 Å². The standard InChI is InChI=1S/C22H33N3O3S2/c1-28-18-9-7-16(8-10-18)13-24-20(26)19(25-21(27)22-23-11-12-30-22)15-29-14-17-5-3-2-4-6-17/h7-10,17,19,22-23H,2-6,11-15H2,1H3,(H,24,26)(H,25,27)/t19-,22+/m0/s1. The molecular formula is C22H33N3O3S2. The van der Waals surface area contributed by atoms with Crippen molar-refractivity contribution in [1.82, 2.24) is 16.0 Å². The average Bonchev–Trinajstić information content (AvgIpc) is 3.33. The second-order valence-electron chi connectivity index (χ2n) is 7.87. The number of nitrogens with one attached hydrogen (secondary N) is 3. The van der Waals surface area contributed by atoms with Gasteiger partial charge < -0.3 is 15.4 Å². The second kappa shape index (κ2) is 12.5. The highest BCUT2D eigenvalue weighted by Crippen LogP contribution is 2.27. The van der Waals surface area contributed by atoms with Crippen LogP contribution in [0.5, 0.6) is 5.75 Å². The van der Waals surface area contributed by atoms with Gasteiger partial charge in [0.2, 0.25) is 11.8 Å². The summed E-state index contributed by atoms with van der Waals surface area (Å²) in [7, 11) is 1.63. The summed E-state index contributed by atoms with van der Waals surface area (Å²) in [6.45, 7) is 1.26. The Morgan fingerprint density at radius 2 is 2.00 bits per heavy atom. The molecule has 1 heterocycles. The van der Waals surface area contributed by atoms with E-state index in [0.717, 1.165) is 35.3 Å². The smallest absolute Gasteiger partial charge is 0.248 e. The summed E-state index contributed by atoms with van der Waals surface area (Å²) in [5, 5.41) is 8.88. The summed E-state index contributed by atoms with van der Waals surface area (Å²) in [6.07, 6.45) is 6.56. The molecule has 166 valence electrons. The van der Waals surface area contributed by atoms with Crippen LogP contribution in [0.2, 0.25) is 0 Å². The third kappa shape index (κ3) is 7.39. The molecule has 0 bridgehead atoms. The number of carbonyl (C=O) groups excluding carboxylic acids is 2. The molecule has 8 heteroatoms. The Hall–Kier alpha value is -1.38. The molecule has 1 saturated heterocycles. The number of benzene rings is 1. The molecule has 3 N–H and O–H groups in total. The number of carbonyl (C=O) groups is 2. The first kappa shape index (κ1) is 23.3. The maximum absolute atomic E-state index is 12.9. The van der Waals surface area contributed by atoms with E-state index >= 15 is 0 Å². The number of amides is 2. The minimum absolute atomic E-state index is 0.0969. The second-order valence-corrected chi connectivity index (χ2v) is 10.2. The fourth-order valence-electron chi connectivity index (χ4n) is 3.79. The Balaban J connectivity index is 1.51. The van der Waals surface area contributed by atoms with Gasteiger partial charge in [0.05, 0.1) is 7.11 Å². The number of hydrogen-bond donors (Lipinski definition) is 3. The summed E-state index contributed by atoms with van der Waals surface area (Å²) in [5.41, 5.74) is 0.997. The zero-order valence-electron chi connectivity index (χ0n) is 17.7. The van der Waals surface area contributed by atoms with Gasteiger partial charge in [0.25, 0.3) is 0 Å². The number of ether oxygens (including phenoxy) is 1. The SMILES string of the molecule is COc1ccc(CNC(=O)[C@H](CSCC2CCCCC2)NC(=O)[C@@H]2NCCS2)cc1. The van der Waals surface area contributed by atoms with E-state index in [-0.39, 0.29) is 17.2 Å². The molecule has 1 aromatic carbocycles. The van der Waals surface area contributed by atoms with E-state index in [0.29, 0.717) is 12.3 Å². The van der Waals surface area contributed by atoms with E-state index in [1.165, 1.54) is 32.1 Å². The van der Waals surface area contributed by atoms with Crippen molar-refractivity contribution in [2.75, 3.05) is 30.9 Å². The lowest BCUT2D eigenvalue weighted by Crippen LogP contribution is -2.52. The van der Waals surface area contributed by atoms with Crippen molar-refractivity contribution in [3.63, 3.8) is 0 Å². The molecule has 1 saturated carbocycles. The molecule has 0 aromatic heterocycles. The number of hydrogen-bond acceptors (Lipinski definition) is 6. The molecule has 3 rings (SSSR count). The highest BCUT2D eigenvalue weighted by atomic mass is 32.2. The first-order chi connectivity index (χ1) is 14.7. The van der Waals surface area contributed by atoms with Crippen molar-refractivity contribution in [1.29, 1.82) is 0 Å². The normalized spacial score (nSPS) is 20.5. The number of rotatable bonds is 10. The van der Waals surface area contributed by atoms with E-state index < -0.39 is 6.04 Å². The van der Waals surface area contributed by atoms with Crippen LogP contribution in [0.1, 0.15) is 37.7 Å². The third-order valence-electron chi connectivity index (χ3n) is 5.58. The molecule has 1 aliphatic carbocycles. The van der Waals surface area contributed by atoms with Crippen LogP contribution < -0.4 is 20.7 Å². The lowest BCUT2D eigenvalue weighted by molar-refractivity contribution is -0.128. The van der Waals surface area contributed by atoms with Crippen molar-refractivity contribution in [2.45, 2.75) is 50.1 Å². The molecule has 0 unspecified atom stereocenters. The van der Waals surface area contributed by atoms with Crippen molar-refractivity contribution < 1.29 is 14.3 Å². The molecule has 30 heavy (non-hydrogen) atoms. The van der Waals surface area contributed by atoms with Gasteiger partial charge in [-0.1, -0.05) is 31.4 Å². The summed E-state index contributed by atoms with van der Waals surface area (Å²) in [5.74, 6) is 3.90. The van der Waals surface area contributed by atoms with Crippen LogP contribution in [-0.4, -0.2) is 54.1 Å². The number of thioether (sulfide) groups is 2. The molecule has 6 nitrogen and oxygen atoms in total. The zero-order chi connectivity index (χ0) is 21.2. The molecule has 2 atom stereocenters. The fraction of sp³-hybridized carbons (Fsp3) is 0.636. The maximum Gasteiger partial charge on any atom is 0.248 e. The van der Waals surface area contributed by atoms with Gasteiger partial charge in [-0.3, -0.25) is 14.9 Å². The average molecular weight is 452 g/mol. The lowest BCUT2D eigenvalue weighted by Gasteiger charge is -2.23. The van der Waals surface area contributed by atoms with Crippen LogP contribution in [0.15, 0.2) is 24.3 Å². The van der Waals surface area contributed by atoms with Gasteiger partial charge in [0.15, 0.2) is 0 Å². The monoisotopic (exact) mass is 451 g/mol. The fourth-order valence-corrected chi connectivity index (χ4v) is 5.99. The topological polar surface area (TPSA) is 79.5 Å². The van der Waals surface area contributed by atoms with Gasteiger partial charge in [-0.15, -0.1) is 11.8 Å². The van der Waals surface area contributed by atoms with E-state index in [4.69, 9.17) is 4.74 Å². The van der Waals surface area contributed by atoms with Crippen LogP contribution in [-0.2, 0) is 16.1 Å². The minimum atomic E-state index is -0.521. The first-order valence-corrected chi connectivity index (χ1v) is 13.0. The predicted molar refractivity (Wildman–Crippen MR) is 125 cm³/mol. The van der Waals surface area contributed by atoms with Gasteiger partial charge in [0.1, 0.15) is 17.2 Å². The van der Waals surface area contributed by atoms with Gasteiger partial charge in [0, 0.05) is 24.6 Å². The molecular weight excluding hydrogens is 418 g/mol. The van der Waals surface area contributed by atoms with Gasteiger partial charge >= 0.3 is 0 Å². The van der Waals surface area contributed by atoms with Crippen molar-refractivity contribution in [3.05, 3.63) is 29.8 Å². The van der Waals surface area contributed by atoms with Crippen LogP contribution in [0.25, 0.3) is 0 Å². The van der Waals surface area contributed by atoms with Crippen molar-refractivity contribution >= 4 is 35.3 Å². The highest BCUT2D eigenvalue weighted by molar-refractivity contribution is 8.00. The first-order valence-electron chi connectivity index (χ1n) is 10.8. The third-order valence-corrected chi connectivity index (χ3v) is 8.01. The van der Waals surface area contributed by atoms with Crippen molar-refractivity contribution in [2.24, 2.45) is 5.92 Å². The van der Waals surface area contributed by atoms with E-state index in [1.54, 1.807) is 30.6 Å². The summed E-state index contributed by atoms with van der Waals surface area (Å²) < 4.78 is 5.17. The predicted octanol–water partition coefficient (Wildman–Crippen LogP) is 2.77. The molecule has 1 aliphatic heterocycles. The number of methoxy groups -OCH3 is 1. The Labute approximate surface area is 188 Å². The Kier molecular flexibility index (Phi) is 9.68. The molecule has 0 spiro atoms. The summed E-state index contributed by atoms with van der Waals surface area (Å²) in [4.78, 5) is 25.5. The van der Waals surface area contributed by atoms with E-state index in [9.17, 15) is 9.59 Å². The van der Waals surface area contributed by atoms with E-state index in [1.807, 2.05) is 24.3 Å². The summed E-state index contributed by atoms with van der Waals surface area (Å²) >= 11 is 3.38. The lowest BCUT2D eigenvalue weighted by atomic mass is 9.91. The van der Waals surface area contributed by atoms with Crippen LogP contribution in [0.3, 0.4) is 0 Å². The minimum Gasteiger partial charge on any atom is -0.497 e. The van der Waals surface area contributed by atoms with Gasteiger partial charge in [-0.2, -0.15) is 11.8 Å².